The fraction of sp³-hybridized carbons (Fsp3) is 0.222. The Labute approximate surface area is 100 Å². The zero-order valence-electron chi connectivity index (χ0n) is 8.22. The lowest BCUT2D eigenvalue weighted by Gasteiger charge is -2.05. The van der Waals surface area contributed by atoms with Crippen molar-refractivity contribution in [3.8, 4) is 5.75 Å². The van der Waals surface area contributed by atoms with E-state index in [4.69, 9.17) is 5.53 Å². The summed E-state index contributed by atoms with van der Waals surface area (Å²) < 4.78 is 0.690. The van der Waals surface area contributed by atoms with Crippen LogP contribution < -0.4 is 5.32 Å². The SMILES string of the molecule is [N-]=[N+]=NCCNC(=O)c1ccc(Br)cc1O. The Morgan fingerprint density at radius 1 is 1.62 bits per heavy atom. The van der Waals surface area contributed by atoms with Crippen LogP contribution in [0.5, 0.6) is 5.75 Å². The molecule has 0 aliphatic heterocycles. The molecule has 84 valence electrons. The Morgan fingerprint density at radius 2 is 2.38 bits per heavy atom. The highest BCUT2D eigenvalue weighted by Crippen LogP contribution is 2.21. The minimum absolute atomic E-state index is 0.101. The molecule has 0 aliphatic carbocycles. The van der Waals surface area contributed by atoms with Gasteiger partial charge in [0.05, 0.1) is 5.56 Å². The predicted octanol–water partition coefficient (Wildman–Crippen LogP) is 2.19. The fourth-order valence-corrected chi connectivity index (χ4v) is 1.41. The van der Waals surface area contributed by atoms with E-state index in [-0.39, 0.29) is 24.4 Å². The maximum atomic E-state index is 11.5. The molecule has 0 saturated carbocycles. The van der Waals surface area contributed by atoms with Crippen molar-refractivity contribution in [2.24, 2.45) is 5.11 Å². The van der Waals surface area contributed by atoms with Gasteiger partial charge in [0.25, 0.3) is 5.91 Å². The number of carbonyl (C=O) groups excluding carboxylic acids is 1. The molecule has 6 nitrogen and oxygen atoms in total. The van der Waals surface area contributed by atoms with E-state index in [1.165, 1.54) is 12.1 Å². The quantitative estimate of drug-likeness (QED) is 0.383. The van der Waals surface area contributed by atoms with Gasteiger partial charge in [-0.3, -0.25) is 4.79 Å². The molecule has 2 N–H and O–H groups in total. The number of azide groups is 1. The highest BCUT2D eigenvalue weighted by Gasteiger charge is 2.09. The van der Waals surface area contributed by atoms with E-state index >= 15 is 0 Å². The van der Waals surface area contributed by atoms with Crippen LogP contribution in [0.1, 0.15) is 10.4 Å². The normalized spacial score (nSPS) is 9.31. The summed E-state index contributed by atoms with van der Waals surface area (Å²) in [5.41, 5.74) is 8.21. The third kappa shape index (κ3) is 3.45. The van der Waals surface area contributed by atoms with Gasteiger partial charge in [-0.15, -0.1) is 0 Å². The molecule has 0 aliphatic rings. The van der Waals surface area contributed by atoms with E-state index in [0.717, 1.165) is 0 Å². The van der Waals surface area contributed by atoms with Gasteiger partial charge in [-0.2, -0.15) is 0 Å². The van der Waals surface area contributed by atoms with E-state index in [9.17, 15) is 9.90 Å². The second-order valence-corrected chi connectivity index (χ2v) is 3.79. The molecule has 1 amide bonds. The van der Waals surface area contributed by atoms with Crippen molar-refractivity contribution in [1.29, 1.82) is 0 Å². The van der Waals surface area contributed by atoms with E-state index in [0.29, 0.717) is 4.47 Å². The number of hydrogen-bond acceptors (Lipinski definition) is 3. The Hall–Kier alpha value is -1.72. The summed E-state index contributed by atoms with van der Waals surface area (Å²) in [5.74, 6) is -0.506. The van der Waals surface area contributed by atoms with E-state index < -0.39 is 5.91 Å². The number of halogens is 1. The number of nitrogens with one attached hydrogen (secondary N) is 1. The van der Waals surface area contributed by atoms with Gasteiger partial charge < -0.3 is 10.4 Å². The van der Waals surface area contributed by atoms with Crippen molar-refractivity contribution in [1.82, 2.24) is 5.32 Å². The Kier molecular flexibility index (Phi) is 4.63. The summed E-state index contributed by atoms with van der Waals surface area (Å²) in [4.78, 5) is 14.1. The third-order valence-electron chi connectivity index (χ3n) is 1.77. The lowest BCUT2D eigenvalue weighted by molar-refractivity contribution is 0.0952. The van der Waals surface area contributed by atoms with Crippen LogP contribution in [0.15, 0.2) is 27.8 Å². The molecule has 7 heteroatoms. The molecule has 1 rings (SSSR count). The molecule has 0 spiro atoms. The zero-order valence-corrected chi connectivity index (χ0v) is 9.81. The van der Waals surface area contributed by atoms with Crippen LogP contribution in [0.2, 0.25) is 0 Å². The van der Waals surface area contributed by atoms with Crippen LogP contribution in [0, 0.1) is 0 Å². The number of phenolic OH excluding ortho intramolecular Hbond substituents is 1. The van der Waals surface area contributed by atoms with Gasteiger partial charge in [-0.1, -0.05) is 21.0 Å². The third-order valence-corrected chi connectivity index (χ3v) is 2.26. The predicted molar refractivity (Wildman–Crippen MR) is 62.2 cm³/mol. The largest absolute Gasteiger partial charge is 0.507 e. The first kappa shape index (κ1) is 12.4. The molecule has 0 bridgehead atoms. The highest BCUT2D eigenvalue weighted by molar-refractivity contribution is 9.10. The second-order valence-electron chi connectivity index (χ2n) is 2.87. The van der Waals surface area contributed by atoms with Crippen molar-refractivity contribution in [3.63, 3.8) is 0 Å². The first-order valence-electron chi connectivity index (χ1n) is 4.42. The number of carbonyl (C=O) groups is 1. The second kappa shape index (κ2) is 5.99. The Balaban J connectivity index is 2.62. The minimum Gasteiger partial charge on any atom is -0.507 e. The number of aromatic hydroxyl groups is 1. The van der Waals surface area contributed by atoms with Crippen LogP contribution >= 0.6 is 15.9 Å². The van der Waals surface area contributed by atoms with E-state index in [1.54, 1.807) is 6.07 Å². The smallest absolute Gasteiger partial charge is 0.255 e. The van der Waals surface area contributed by atoms with Gasteiger partial charge in [0.15, 0.2) is 0 Å². The molecule has 1 aromatic carbocycles. The lowest BCUT2D eigenvalue weighted by atomic mass is 10.2. The average molecular weight is 285 g/mol. The van der Waals surface area contributed by atoms with Gasteiger partial charge in [0.1, 0.15) is 5.75 Å². The van der Waals surface area contributed by atoms with Gasteiger partial charge in [0.2, 0.25) is 0 Å². The van der Waals surface area contributed by atoms with Crippen molar-refractivity contribution in [3.05, 3.63) is 38.7 Å². The van der Waals surface area contributed by atoms with Crippen molar-refractivity contribution in [2.45, 2.75) is 0 Å². The molecule has 0 atom stereocenters. The average Bonchev–Trinajstić information content (AvgIpc) is 2.24. The fourth-order valence-electron chi connectivity index (χ4n) is 1.06. The van der Waals surface area contributed by atoms with Gasteiger partial charge in [-0.25, -0.2) is 0 Å². The molecule has 16 heavy (non-hydrogen) atoms. The molecule has 1 aromatic rings. The van der Waals surface area contributed by atoms with Crippen molar-refractivity contribution < 1.29 is 9.90 Å². The topological polar surface area (TPSA) is 98.1 Å². The standard InChI is InChI=1S/C9H9BrN4O2/c10-6-1-2-7(8(15)5-6)9(16)12-3-4-13-14-11/h1-2,5,15H,3-4H2,(H,12,16). The molecule has 0 aromatic heterocycles. The molecule has 0 saturated heterocycles. The number of nitrogens with zero attached hydrogens (tertiary/aromatic N) is 3. The lowest BCUT2D eigenvalue weighted by Crippen LogP contribution is -2.25. The van der Waals surface area contributed by atoms with Crippen LogP contribution in [0.3, 0.4) is 0 Å². The van der Waals surface area contributed by atoms with E-state index in [2.05, 4.69) is 31.3 Å². The summed E-state index contributed by atoms with van der Waals surface area (Å²) in [5, 5.41) is 15.3. The maximum Gasteiger partial charge on any atom is 0.255 e. The zero-order chi connectivity index (χ0) is 12.0. The first-order chi connectivity index (χ1) is 7.65. The number of hydrogen-bond donors (Lipinski definition) is 2. The molecule has 0 unspecified atom stereocenters. The van der Waals surface area contributed by atoms with Crippen LogP contribution in [-0.2, 0) is 0 Å². The van der Waals surface area contributed by atoms with E-state index in [1.807, 2.05) is 0 Å². The summed E-state index contributed by atoms with van der Waals surface area (Å²) >= 11 is 3.17. The van der Waals surface area contributed by atoms with Crippen LogP contribution in [-0.4, -0.2) is 24.1 Å². The van der Waals surface area contributed by atoms with Crippen LogP contribution in [0.4, 0.5) is 0 Å². The number of benzene rings is 1. The van der Waals surface area contributed by atoms with Gasteiger partial charge in [-0.05, 0) is 23.7 Å². The van der Waals surface area contributed by atoms with Gasteiger partial charge >= 0.3 is 0 Å². The monoisotopic (exact) mass is 284 g/mol. The summed E-state index contributed by atoms with van der Waals surface area (Å²) in [7, 11) is 0. The van der Waals surface area contributed by atoms with Crippen molar-refractivity contribution >= 4 is 21.8 Å². The van der Waals surface area contributed by atoms with Crippen LogP contribution in [0.25, 0.3) is 10.4 Å². The molecule has 0 radical (unpaired) electrons. The van der Waals surface area contributed by atoms with Gasteiger partial charge in [0, 0.05) is 22.5 Å². The first-order valence-corrected chi connectivity index (χ1v) is 5.22. The maximum absolute atomic E-state index is 11.5. The number of rotatable bonds is 4. The Morgan fingerprint density at radius 3 is 3.00 bits per heavy atom. The Bertz CT molecular complexity index is 443. The van der Waals surface area contributed by atoms with Crippen molar-refractivity contribution in [2.75, 3.05) is 13.1 Å². The summed E-state index contributed by atoms with van der Waals surface area (Å²) in [6, 6.07) is 4.59. The summed E-state index contributed by atoms with van der Waals surface area (Å²) in [6.07, 6.45) is 0. The minimum atomic E-state index is -0.405. The molecule has 0 heterocycles. The number of phenols is 1. The molecule has 0 fully saturated rings. The molecular formula is C9H9BrN4O2. The summed E-state index contributed by atoms with van der Waals surface area (Å²) in [6.45, 7) is 0.415. The number of amides is 1. The molecular weight excluding hydrogens is 276 g/mol. The highest BCUT2D eigenvalue weighted by atomic mass is 79.9.